The Labute approximate surface area is 177 Å². The van der Waals surface area contributed by atoms with Crippen LogP contribution in [0.1, 0.15) is 19.6 Å². The van der Waals surface area contributed by atoms with Gasteiger partial charge in [0.05, 0.1) is 29.2 Å². The number of hydrogen-bond acceptors (Lipinski definition) is 4. The first-order valence-electron chi connectivity index (χ1n) is 10.4. The molecule has 1 fully saturated rings. The van der Waals surface area contributed by atoms with Crippen molar-refractivity contribution < 1.29 is 19.4 Å². The Morgan fingerprint density at radius 1 is 0.968 bits per heavy atom. The Morgan fingerprint density at radius 2 is 1.58 bits per heavy atom. The van der Waals surface area contributed by atoms with Crippen molar-refractivity contribution >= 4 is 49.6 Å². The molecule has 0 radical (unpaired) electrons. The molecule has 0 unspecified atom stereocenters. The number of nitrogens with zero attached hydrogens (tertiary/aromatic N) is 2. The Morgan fingerprint density at radius 3 is 2.29 bits per heavy atom. The Balaban J connectivity index is 1.80. The van der Waals surface area contributed by atoms with Crippen molar-refractivity contribution in [2.24, 2.45) is 0 Å². The fourth-order valence-corrected chi connectivity index (χ4v) is 5.94. The predicted octanol–water partition coefficient (Wildman–Crippen LogP) is 4.41. The second kappa shape index (κ2) is 5.28. The third kappa shape index (κ3) is 1.73. The van der Waals surface area contributed by atoms with E-state index in [0.29, 0.717) is 0 Å². The number of methoxy groups -OCH3 is 1. The van der Waals surface area contributed by atoms with Gasteiger partial charge in [0.1, 0.15) is 6.23 Å². The molecule has 1 saturated heterocycles. The highest BCUT2D eigenvalue weighted by Crippen LogP contribution is 2.56. The van der Waals surface area contributed by atoms with Gasteiger partial charge in [0.15, 0.2) is 5.72 Å². The van der Waals surface area contributed by atoms with Crippen LogP contribution < -0.4 is 0 Å². The van der Waals surface area contributed by atoms with Crippen molar-refractivity contribution in [2.75, 3.05) is 7.11 Å². The van der Waals surface area contributed by atoms with Crippen molar-refractivity contribution in [3.63, 3.8) is 0 Å². The number of aliphatic hydroxyl groups is 1. The number of hydrogen-bond donors (Lipinski definition) is 1. The minimum Gasteiger partial charge on any atom is -0.467 e. The van der Waals surface area contributed by atoms with Gasteiger partial charge in [-0.3, -0.25) is 0 Å². The molecular weight excluding hydrogens is 392 g/mol. The van der Waals surface area contributed by atoms with Crippen LogP contribution in [0.2, 0.25) is 0 Å². The van der Waals surface area contributed by atoms with Gasteiger partial charge < -0.3 is 23.7 Å². The van der Waals surface area contributed by atoms with Crippen molar-refractivity contribution in [3.05, 3.63) is 60.7 Å². The zero-order valence-corrected chi connectivity index (χ0v) is 17.1. The van der Waals surface area contributed by atoms with Crippen LogP contribution >= 0.6 is 0 Å². The molecule has 3 aromatic carbocycles. The van der Waals surface area contributed by atoms with Crippen LogP contribution in [-0.2, 0) is 20.0 Å². The molecule has 3 atom stereocenters. The van der Waals surface area contributed by atoms with Crippen molar-refractivity contribution in [2.45, 2.75) is 30.9 Å². The molecule has 31 heavy (non-hydrogen) atoms. The molecule has 2 aliphatic rings. The summed E-state index contributed by atoms with van der Waals surface area (Å²) in [7, 11) is 1.31. The Hall–Kier alpha value is -3.35. The summed E-state index contributed by atoms with van der Waals surface area (Å²) >= 11 is 0. The first-order chi connectivity index (χ1) is 15.0. The summed E-state index contributed by atoms with van der Waals surface area (Å²) in [5.74, 6) is -0.685. The molecule has 0 spiro atoms. The van der Waals surface area contributed by atoms with Gasteiger partial charge >= 0.3 is 5.97 Å². The number of benzene rings is 3. The summed E-state index contributed by atoms with van der Waals surface area (Å²) < 4.78 is 15.9. The van der Waals surface area contributed by atoms with Gasteiger partial charge in [0.2, 0.25) is 5.60 Å². The maximum absolute atomic E-state index is 13.0. The molecule has 154 valence electrons. The first kappa shape index (κ1) is 17.3. The molecule has 2 bridgehead atoms. The van der Waals surface area contributed by atoms with Crippen LogP contribution in [0.4, 0.5) is 0 Å². The number of carbonyl (C=O) groups is 1. The number of rotatable bonds is 1. The van der Waals surface area contributed by atoms with E-state index in [1.807, 2.05) is 34.9 Å². The lowest BCUT2D eigenvalue weighted by Crippen LogP contribution is -2.56. The number of fused-ring (bicyclic) bond motifs is 10. The molecule has 0 amide bonds. The number of ether oxygens (including phenoxy) is 2. The SMILES string of the molecule is COC(=O)[C@@]1(O)C[C@H]2O[C@]1(C)n1c3ccccc3c3ccc4c5ccccc5n2c4c31. The van der Waals surface area contributed by atoms with Gasteiger partial charge in [-0.25, -0.2) is 4.79 Å². The summed E-state index contributed by atoms with van der Waals surface area (Å²) in [6.07, 6.45) is -0.410. The zero-order chi connectivity index (χ0) is 21.1. The zero-order valence-electron chi connectivity index (χ0n) is 17.1. The lowest BCUT2D eigenvalue weighted by Gasteiger charge is -2.37. The Bertz CT molecular complexity index is 1600. The molecule has 2 aliphatic heterocycles. The molecule has 7 rings (SSSR count). The largest absolute Gasteiger partial charge is 0.467 e. The van der Waals surface area contributed by atoms with Gasteiger partial charge in [0.25, 0.3) is 0 Å². The number of esters is 1. The van der Waals surface area contributed by atoms with Gasteiger partial charge in [-0.05, 0) is 19.1 Å². The first-order valence-corrected chi connectivity index (χ1v) is 10.4. The fraction of sp³-hybridized carbons (Fsp3) is 0.240. The molecule has 6 nitrogen and oxygen atoms in total. The van der Waals surface area contributed by atoms with Crippen molar-refractivity contribution in [1.29, 1.82) is 0 Å². The molecule has 6 heteroatoms. The molecule has 5 aromatic rings. The molecule has 1 N–H and O–H groups in total. The van der Waals surface area contributed by atoms with Crippen LogP contribution in [0.3, 0.4) is 0 Å². The lowest BCUT2D eigenvalue weighted by molar-refractivity contribution is -0.202. The van der Waals surface area contributed by atoms with E-state index in [2.05, 4.69) is 34.9 Å². The van der Waals surface area contributed by atoms with Gasteiger partial charge in [-0.1, -0.05) is 48.5 Å². The van der Waals surface area contributed by atoms with E-state index in [-0.39, 0.29) is 6.42 Å². The van der Waals surface area contributed by atoms with Gasteiger partial charge in [-0.15, -0.1) is 0 Å². The maximum atomic E-state index is 13.0. The summed E-state index contributed by atoms with van der Waals surface area (Å²) in [4.78, 5) is 13.0. The number of para-hydroxylation sites is 2. The Kier molecular flexibility index (Phi) is 2.95. The molecule has 0 aliphatic carbocycles. The normalized spacial score (nSPS) is 27.0. The highest BCUT2D eigenvalue weighted by atomic mass is 16.6. The minimum absolute atomic E-state index is 0.103. The average Bonchev–Trinajstić information content (AvgIpc) is 3.36. The third-order valence-electron chi connectivity index (χ3n) is 7.35. The monoisotopic (exact) mass is 412 g/mol. The van der Waals surface area contributed by atoms with E-state index in [1.165, 1.54) is 7.11 Å². The summed E-state index contributed by atoms with van der Waals surface area (Å²) in [6, 6.07) is 20.6. The second-order valence-corrected chi connectivity index (χ2v) is 8.71. The molecule has 4 heterocycles. The predicted molar refractivity (Wildman–Crippen MR) is 118 cm³/mol. The fourth-order valence-electron chi connectivity index (χ4n) is 5.94. The van der Waals surface area contributed by atoms with E-state index in [0.717, 1.165) is 43.6 Å². The highest BCUT2D eigenvalue weighted by molar-refractivity contribution is 6.23. The van der Waals surface area contributed by atoms with E-state index in [1.54, 1.807) is 6.92 Å². The summed E-state index contributed by atoms with van der Waals surface area (Å²) in [5.41, 5.74) is 0.782. The quantitative estimate of drug-likeness (QED) is 0.414. The second-order valence-electron chi connectivity index (χ2n) is 8.71. The lowest BCUT2D eigenvalue weighted by atomic mass is 9.89. The number of aromatic nitrogens is 2. The van der Waals surface area contributed by atoms with E-state index in [4.69, 9.17) is 9.47 Å². The van der Waals surface area contributed by atoms with Crippen LogP contribution in [0.5, 0.6) is 0 Å². The molecule has 2 aromatic heterocycles. The van der Waals surface area contributed by atoms with Crippen molar-refractivity contribution in [1.82, 2.24) is 9.13 Å². The average molecular weight is 412 g/mol. The van der Waals surface area contributed by atoms with Crippen LogP contribution in [0.15, 0.2) is 60.7 Å². The number of carbonyl (C=O) groups excluding carboxylic acids is 1. The van der Waals surface area contributed by atoms with E-state index in [9.17, 15) is 9.90 Å². The molecule has 0 saturated carbocycles. The van der Waals surface area contributed by atoms with Gasteiger partial charge in [-0.2, -0.15) is 0 Å². The molecular formula is C25H20N2O4. The van der Waals surface area contributed by atoms with Gasteiger partial charge in [0, 0.05) is 28.0 Å². The third-order valence-corrected chi connectivity index (χ3v) is 7.35. The standard InChI is InChI=1S/C25H20N2O4/c1-24-25(29,23(28)30-2)13-20(31-24)26-18-9-5-3-7-14(18)16-11-12-17-15-8-4-6-10-19(15)27(24)22(17)21(16)26/h3-12,20,29H,13H2,1-2H3/t20-,24+,25+/m1/s1. The topological polar surface area (TPSA) is 65.6 Å². The van der Waals surface area contributed by atoms with E-state index < -0.39 is 23.5 Å². The summed E-state index contributed by atoms with van der Waals surface area (Å²) in [5, 5.41) is 16.2. The van der Waals surface area contributed by atoms with Crippen LogP contribution in [-0.4, -0.2) is 32.9 Å². The van der Waals surface area contributed by atoms with E-state index >= 15 is 0 Å². The smallest absolute Gasteiger partial charge is 0.343 e. The van der Waals surface area contributed by atoms with Crippen LogP contribution in [0, 0.1) is 0 Å². The highest BCUT2D eigenvalue weighted by Gasteiger charge is 2.65. The summed E-state index contributed by atoms with van der Waals surface area (Å²) in [6.45, 7) is 1.79. The van der Waals surface area contributed by atoms with Crippen LogP contribution in [0.25, 0.3) is 43.6 Å². The minimum atomic E-state index is -1.84. The maximum Gasteiger partial charge on any atom is 0.343 e. The van der Waals surface area contributed by atoms with Crippen molar-refractivity contribution in [3.8, 4) is 0 Å².